The molecular weight excluding hydrogens is 599 g/mol. The topological polar surface area (TPSA) is 65.6 Å². The van der Waals surface area contributed by atoms with Crippen LogP contribution in [-0.4, -0.2) is 21.7 Å². The zero-order valence-corrected chi connectivity index (χ0v) is 26.3. The molecule has 0 amide bonds. The highest BCUT2D eigenvalue weighted by Gasteiger charge is 2.34. The molecule has 8 heteroatoms. The highest BCUT2D eigenvalue weighted by Crippen LogP contribution is 2.37. The third kappa shape index (κ3) is 5.22. The summed E-state index contributed by atoms with van der Waals surface area (Å²) >= 11 is 2.84. The maximum atomic E-state index is 14.3. The van der Waals surface area contributed by atoms with Gasteiger partial charge in [0.25, 0.3) is 5.56 Å². The van der Waals surface area contributed by atoms with E-state index in [1.54, 1.807) is 11.5 Å². The lowest BCUT2D eigenvalue weighted by molar-refractivity contribution is -0.139. The zero-order chi connectivity index (χ0) is 30.9. The van der Waals surface area contributed by atoms with Crippen molar-refractivity contribution in [2.75, 3.05) is 6.61 Å². The lowest BCUT2D eigenvalue weighted by Gasteiger charge is -2.23. The fourth-order valence-corrected chi connectivity index (χ4v) is 7.71. The Labute approximate surface area is 268 Å². The quantitative estimate of drug-likeness (QED) is 0.179. The van der Waals surface area contributed by atoms with Gasteiger partial charge in [0.2, 0.25) is 0 Å². The number of ether oxygens (including phenoxy) is 1. The number of fused-ring (bicyclic) bond motifs is 1. The maximum absolute atomic E-state index is 14.3. The first kappa shape index (κ1) is 28.7. The number of thiophene rings is 1. The van der Waals surface area contributed by atoms with Crippen molar-refractivity contribution in [1.29, 1.82) is 0 Å². The third-order valence-corrected chi connectivity index (χ3v) is 9.69. The lowest BCUT2D eigenvalue weighted by atomic mass is 10.0. The molecule has 0 fully saturated rings. The highest BCUT2D eigenvalue weighted by atomic mass is 32.1. The van der Waals surface area contributed by atoms with E-state index in [1.165, 1.54) is 22.7 Å². The van der Waals surface area contributed by atoms with Gasteiger partial charge in [0.1, 0.15) is 6.04 Å². The van der Waals surface area contributed by atoms with Crippen LogP contribution in [0.5, 0.6) is 0 Å². The second kappa shape index (κ2) is 12.1. The van der Waals surface area contributed by atoms with E-state index in [4.69, 9.17) is 9.73 Å². The molecule has 0 radical (unpaired) electrons. The minimum absolute atomic E-state index is 0.195. The molecule has 6 aromatic rings. The van der Waals surface area contributed by atoms with Gasteiger partial charge in [-0.05, 0) is 60.7 Å². The number of allylic oxidation sites excluding steroid dienone is 1. The molecule has 3 aromatic carbocycles. The Morgan fingerprint density at radius 1 is 0.911 bits per heavy atom. The summed E-state index contributed by atoms with van der Waals surface area (Å²) in [5.41, 5.74) is 6.76. The Morgan fingerprint density at radius 3 is 2.22 bits per heavy atom. The molecule has 0 saturated heterocycles. The number of carbonyl (C=O) groups excluding carboxylic acids is 1. The van der Waals surface area contributed by atoms with Crippen molar-refractivity contribution in [2.24, 2.45) is 4.99 Å². The molecule has 1 aliphatic rings. The number of aromatic nitrogens is 2. The SMILES string of the molecule is CCOC(=O)C1=C(C)N=c2s/c(=C\c3cc(-c4ccccc4)n(-c4ccccc4)c3-c3ccccc3)c(=O)n2[C@@H]1c1cccs1. The first-order chi connectivity index (χ1) is 22.0. The number of thiazole rings is 1. The number of hydrogen-bond donors (Lipinski definition) is 0. The molecule has 7 rings (SSSR count). The summed E-state index contributed by atoms with van der Waals surface area (Å²) in [6.07, 6.45) is 1.97. The van der Waals surface area contributed by atoms with Gasteiger partial charge in [0.05, 0.1) is 33.8 Å². The van der Waals surface area contributed by atoms with Gasteiger partial charge in [-0.1, -0.05) is 96.3 Å². The van der Waals surface area contributed by atoms with Crippen molar-refractivity contribution in [2.45, 2.75) is 19.9 Å². The molecule has 1 aliphatic heterocycles. The van der Waals surface area contributed by atoms with E-state index in [-0.39, 0.29) is 12.2 Å². The molecule has 0 N–H and O–H groups in total. The van der Waals surface area contributed by atoms with E-state index in [2.05, 4.69) is 47.0 Å². The van der Waals surface area contributed by atoms with Gasteiger partial charge in [-0.15, -0.1) is 11.3 Å². The van der Waals surface area contributed by atoms with Gasteiger partial charge >= 0.3 is 5.97 Å². The first-order valence-corrected chi connectivity index (χ1v) is 16.4. The number of carbonyl (C=O) groups is 1. The Bertz CT molecular complexity index is 2210. The van der Waals surface area contributed by atoms with Crippen LogP contribution in [-0.2, 0) is 9.53 Å². The van der Waals surface area contributed by atoms with Gasteiger partial charge in [-0.25, -0.2) is 9.79 Å². The second-order valence-electron chi connectivity index (χ2n) is 10.6. The molecule has 222 valence electrons. The van der Waals surface area contributed by atoms with Crippen molar-refractivity contribution in [3.05, 3.63) is 156 Å². The smallest absolute Gasteiger partial charge is 0.338 e. The summed E-state index contributed by atoms with van der Waals surface area (Å²) < 4.78 is 9.87. The predicted octanol–water partition coefficient (Wildman–Crippen LogP) is 6.98. The third-order valence-electron chi connectivity index (χ3n) is 7.78. The second-order valence-corrected chi connectivity index (χ2v) is 12.5. The van der Waals surface area contributed by atoms with Crippen LogP contribution in [0.4, 0.5) is 0 Å². The van der Waals surface area contributed by atoms with E-state index < -0.39 is 12.0 Å². The average Bonchev–Trinajstić information content (AvgIpc) is 3.80. The fourth-order valence-electron chi connectivity index (χ4n) is 5.85. The molecule has 45 heavy (non-hydrogen) atoms. The minimum atomic E-state index is -0.607. The van der Waals surface area contributed by atoms with Crippen molar-refractivity contribution in [3.8, 4) is 28.2 Å². The highest BCUT2D eigenvalue weighted by molar-refractivity contribution is 7.10. The van der Waals surface area contributed by atoms with Crippen molar-refractivity contribution < 1.29 is 9.53 Å². The number of rotatable bonds is 7. The van der Waals surface area contributed by atoms with E-state index in [0.717, 1.165) is 38.6 Å². The summed E-state index contributed by atoms with van der Waals surface area (Å²) in [4.78, 5) is 33.7. The maximum Gasteiger partial charge on any atom is 0.338 e. The van der Waals surface area contributed by atoms with Gasteiger partial charge in [-0.2, -0.15) is 0 Å². The van der Waals surface area contributed by atoms with Crippen LogP contribution in [0.1, 0.15) is 30.3 Å². The van der Waals surface area contributed by atoms with Crippen molar-refractivity contribution in [1.82, 2.24) is 9.13 Å². The monoisotopic (exact) mass is 627 g/mol. The van der Waals surface area contributed by atoms with Crippen LogP contribution < -0.4 is 14.9 Å². The molecule has 3 aromatic heterocycles. The predicted molar refractivity (Wildman–Crippen MR) is 181 cm³/mol. The Morgan fingerprint density at radius 2 is 1.58 bits per heavy atom. The number of para-hydroxylation sites is 1. The summed E-state index contributed by atoms with van der Waals surface area (Å²) in [6, 6.07) is 36.2. The van der Waals surface area contributed by atoms with Gasteiger partial charge in [0, 0.05) is 16.1 Å². The normalized spacial score (nSPS) is 14.7. The van der Waals surface area contributed by atoms with Gasteiger partial charge in [0.15, 0.2) is 4.80 Å². The van der Waals surface area contributed by atoms with Gasteiger partial charge < -0.3 is 9.30 Å². The van der Waals surface area contributed by atoms with E-state index in [9.17, 15) is 9.59 Å². The fraction of sp³-hybridized carbons (Fsp3) is 0.108. The molecular formula is C37H29N3O3S2. The number of hydrogen-bond acceptors (Lipinski definition) is 6. The summed E-state index contributed by atoms with van der Waals surface area (Å²) in [6.45, 7) is 3.82. The average molecular weight is 628 g/mol. The Hall–Kier alpha value is -5.05. The number of esters is 1. The van der Waals surface area contributed by atoms with Crippen LogP contribution >= 0.6 is 22.7 Å². The molecule has 4 heterocycles. The minimum Gasteiger partial charge on any atom is -0.463 e. The lowest BCUT2D eigenvalue weighted by Crippen LogP contribution is -2.39. The molecule has 0 bridgehead atoms. The van der Waals surface area contributed by atoms with Gasteiger partial charge in [-0.3, -0.25) is 9.36 Å². The number of nitrogens with zero attached hydrogens (tertiary/aromatic N) is 3. The summed E-state index contributed by atoms with van der Waals surface area (Å²) in [7, 11) is 0. The Balaban J connectivity index is 1.50. The standard InChI is InChI=1S/C37H29N3O3S2/c1-3-43-36(42)32-24(2)38-37-40(34(32)30-20-13-21-44-30)35(41)31(45-37)23-27-22-29(25-14-7-4-8-15-25)39(28-18-11-6-12-19-28)33(27)26-16-9-5-10-17-26/h4-23,34H,3H2,1-2H3/b31-23-/t34-/m1/s1. The zero-order valence-electron chi connectivity index (χ0n) is 24.7. The molecule has 0 unspecified atom stereocenters. The molecule has 0 saturated carbocycles. The number of benzene rings is 3. The van der Waals surface area contributed by atoms with Crippen LogP contribution in [0.15, 0.2) is 136 Å². The van der Waals surface area contributed by atoms with Crippen LogP contribution in [0.3, 0.4) is 0 Å². The van der Waals surface area contributed by atoms with Crippen molar-refractivity contribution >= 4 is 34.7 Å². The molecule has 1 atom stereocenters. The van der Waals surface area contributed by atoms with Crippen LogP contribution in [0.25, 0.3) is 34.3 Å². The van der Waals surface area contributed by atoms with E-state index in [1.807, 2.05) is 85.1 Å². The Kier molecular flexibility index (Phi) is 7.75. The summed E-state index contributed by atoms with van der Waals surface area (Å²) in [5, 5.41) is 1.95. The molecule has 6 nitrogen and oxygen atoms in total. The van der Waals surface area contributed by atoms with Crippen molar-refractivity contribution in [3.63, 3.8) is 0 Å². The first-order valence-electron chi connectivity index (χ1n) is 14.7. The van der Waals surface area contributed by atoms with Crippen LogP contribution in [0.2, 0.25) is 0 Å². The largest absolute Gasteiger partial charge is 0.463 e. The molecule has 0 aliphatic carbocycles. The van der Waals surface area contributed by atoms with Crippen LogP contribution in [0, 0.1) is 0 Å². The van der Waals surface area contributed by atoms with E-state index >= 15 is 0 Å². The molecule has 0 spiro atoms. The summed E-state index contributed by atoms with van der Waals surface area (Å²) in [5.74, 6) is -0.453. The van der Waals surface area contributed by atoms with E-state index in [0.29, 0.717) is 20.6 Å².